The molecule has 2 aromatic heterocycles. The Morgan fingerprint density at radius 1 is 1.44 bits per heavy atom. The lowest BCUT2D eigenvalue weighted by molar-refractivity contribution is 0.102. The van der Waals surface area contributed by atoms with Crippen molar-refractivity contribution in [1.29, 1.82) is 5.26 Å². The van der Waals surface area contributed by atoms with Crippen LogP contribution in [0.25, 0.3) is 0 Å². The zero-order valence-corrected chi connectivity index (χ0v) is 10.1. The third-order valence-electron chi connectivity index (χ3n) is 1.96. The SMILES string of the molecule is N#Cc1cn[nH]c1NC(=O)c1cc(Cl)nnc1Cl. The molecule has 2 rings (SSSR count). The number of nitrogens with one attached hydrogen (secondary N) is 2. The first-order chi connectivity index (χ1) is 8.61. The molecule has 7 nitrogen and oxygen atoms in total. The Labute approximate surface area is 111 Å². The maximum atomic E-state index is 11.9. The van der Waals surface area contributed by atoms with E-state index in [1.807, 2.05) is 6.07 Å². The summed E-state index contributed by atoms with van der Waals surface area (Å²) in [6.07, 6.45) is 1.29. The van der Waals surface area contributed by atoms with Crippen LogP contribution in [-0.4, -0.2) is 26.3 Å². The summed E-state index contributed by atoms with van der Waals surface area (Å²) in [5.41, 5.74) is 0.253. The van der Waals surface area contributed by atoms with Crippen LogP contribution in [0.2, 0.25) is 10.3 Å². The second kappa shape index (κ2) is 5.00. The molecular formula is C9H4Cl2N6O. The van der Waals surface area contributed by atoms with Gasteiger partial charge in [0.25, 0.3) is 5.91 Å². The van der Waals surface area contributed by atoms with Crippen molar-refractivity contribution in [3.63, 3.8) is 0 Å². The van der Waals surface area contributed by atoms with Gasteiger partial charge in [0.05, 0.1) is 11.8 Å². The predicted molar refractivity (Wildman–Crippen MR) is 63.3 cm³/mol. The highest BCUT2D eigenvalue weighted by molar-refractivity contribution is 6.34. The molecule has 2 N–H and O–H groups in total. The van der Waals surface area contributed by atoms with Gasteiger partial charge < -0.3 is 5.32 Å². The van der Waals surface area contributed by atoms with Gasteiger partial charge in [-0.1, -0.05) is 23.2 Å². The number of aromatic nitrogens is 4. The van der Waals surface area contributed by atoms with Crippen LogP contribution in [0, 0.1) is 11.3 Å². The van der Waals surface area contributed by atoms with Crippen molar-refractivity contribution in [1.82, 2.24) is 20.4 Å². The molecule has 0 bridgehead atoms. The number of carbonyl (C=O) groups is 1. The highest BCUT2D eigenvalue weighted by Gasteiger charge is 2.15. The number of halogens is 2. The molecule has 0 atom stereocenters. The molecule has 0 aromatic carbocycles. The van der Waals surface area contributed by atoms with Gasteiger partial charge in [-0.3, -0.25) is 9.89 Å². The van der Waals surface area contributed by atoms with Crippen LogP contribution in [-0.2, 0) is 0 Å². The molecule has 0 aliphatic heterocycles. The van der Waals surface area contributed by atoms with Crippen molar-refractivity contribution in [2.75, 3.05) is 5.32 Å². The number of nitrogens with zero attached hydrogens (tertiary/aromatic N) is 4. The van der Waals surface area contributed by atoms with Gasteiger partial charge in [-0.05, 0) is 6.07 Å². The van der Waals surface area contributed by atoms with Gasteiger partial charge in [0.1, 0.15) is 17.5 Å². The Kier molecular flexibility index (Phi) is 3.41. The van der Waals surface area contributed by atoms with E-state index in [4.69, 9.17) is 28.5 Å². The minimum atomic E-state index is -0.572. The van der Waals surface area contributed by atoms with E-state index in [0.29, 0.717) is 0 Å². The van der Waals surface area contributed by atoms with Crippen molar-refractivity contribution in [3.8, 4) is 6.07 Å². The molecule has 18 heavy (non-hydrogen) atoms. The average molecular weight is 283 g/mol. The van der Waals surface area contributed by atoms with E-state index in [1.54, 1.807) is 0 Å². The minimum absolute atomic E-state index is 0.0367. The molecule has 0 saturated heterocycles. The Morgan fingerprint density at radius 3 is 2.94 bits per heavy atom. The van der Waals surface area contributed by atoms with Gasteiger partial charge in [0.2, 0.25) is 0 Å². The third-order valence-corrected chi connectivity index (χ3v) is 2.43. The lowest BCUT2D eigenvalue weighted by Gasteiger charge is -2.04. The summed E-state index contributed by atoms with van der Waals surface area (Å²) in [6.45, 7) is 0. The van der Waals surface area contributed by atoms with E-state index in [9.17, 15) is 4.79 Å². The number of H-pyrrole nitrogens is 1. The van der Waals surface area contributed by atoms with Gasteiger partial charge in [-0.15, -0.1) is 10.2 Å². The summed E-state index contributed by atoms with van der Waals surface area (Å²) in [5, 5.41) is 24.2. The van der Waals surface area contributed by atoms with Crippen LogP contribution in [0.15, 0.2) is 12.3 Å². The summed E-state index contributed by atoms with van der Waals surface area (Å²) >= 11 is 11.3. The van der Waals surface area contributed by atoms with Gasteiger partial charge in [0.15, 0.2) is 10.3 Å². The van der Waals surface area contributed by atoms with Gasteiger partial charge in [0, 0.05) is 0 Å². The zero-order chi connectivity index (χ0) is 13.1. The van der Waals surface area contributed by atoms with Gasteiger partial charge in [-0.25, -0.2) is 0 Å². The summed E-state index contributed by atoms with van der Waals surface area (Å²) in [5.74, 6) is -0.399. The smallest absolute Gasteiger partial charge is 0.260 e. The van der Waals surface area contributed by atoms with E-state index < -0.39 is 5.91 Å². The molecule has 0 unspecified atom stereocenters. The molecule has 0 radical (unpaired) electrons. The van der Waals surface area contributed by atoms with Crippen LogP contribution in [0.5, 0.6) is 0 Å². The molecular weight excluding hydrogens is 279 g/mol. The van der Waals surface area contributed by atoms with E-state index in [2.05, 4.69) is 25.7 Å². The first kappa shape index (κ1) is 12.3. The van der Waals surface area contributed by atoms with Crippen molar-refractivity contribution in [3.05, 3.63) is 33.7 Å². The van der Waals surface area contributed by atoms with Crippen molar-refractivity contribution < 1.29 is 4.79 Å². The fourth-order valence-electron chi connectivity index (χ4n) is 1.16. The van der Waals surface area contributed by atoms with Crippen LogP contribution >= 0.6 is 23.2 Å². The van der Waals surface area contributed by atoms with Gasteiger partial charge in [-0.2, -0.15) is 10.4 Å². The maximum absolute atomic E-state index is 11.9. The highest BCUT2D eigenvalue weighted by atomic mass is 35.5. The lowest BCUT2D eigenvalue weighted by atomic mass is 10.3. The van der Waals surface area contributed by atoms with Crippen LogP contribution in [0.4, 0.5) is 5.82 Å². The second-order valence-corrected chi connectivity index (χ2v) is 3.84. The van der Waals surface area contributed by atoms with Crippen molar-refractivity contribution in [2.45, 2.75) is 0 Å². The molecule has 2 aromatic rings. The Balaban J connectivity index is 2.28. The maximum Gasteiger partial charge on any atom is 0.260 e. The van der Waals surface area contributed by atoms with E-state index in [1.165, 1.54) is 12.3 Å². The van der Waals surface area contributed by atoms with E-state index in [-0.39, 0.29) is 27.3 Å². The quantitative estimate of drug-likeness (QED) is 0.870. The number of hydrogen-bond acceptors (Lipinski definition) is 5. The molecule has 0 saturated carbocycles. The standard InChI is InChI=1S/C9H4Cl2N6O/c10-6-1-5(7(11)16-15-6)9(18)14-8-4(2-12)3-13-17-8/h1,3H,(H2,13,14,17,18). The molecule has 0 aliphatic rings. The third kappa shape index (κ3) is 2.40. The lowest BCUT2D eigenvalue weighted by Crippen LogP contribution is -2.14. The molecule has 2 heterocycles. The summed E-state index contributed by atoms with van der Waals surface area (Å²) in [6, 6.07) is 3.14. The first-order valence-corrected chi connectivity index (χ1v) is 5.31. The molecule has 0 aliphatic carbocycles. The molecule has 1 amide bonds. The van der Waals surface area contributed by atoms with E-state index in [0.717, 1.165) is 0 Å². The summed E-state index contributed by atoms with van der Waals surface area (Å²) in [7, 11) is 0. The largest absolute Gasteiger partial charge is 0.306 e. The molecule has 0 spiro atoms. The second-order valence-electron chi connectivity index (χ2n) is 3.10. The van der Waals surface area contributed by atoms with Crippen molar-refractivity contribution in [2.24, 2.45) is 0 Å². The Bertz CT molecular complexity index is 647. The number of aromatic amines is 1. The molecule has 0 fully saturated rings. The van der Waals surface area contributed by atoms with Gasteiger partial charge >= 0.3 is 0 Å². The number of hydrogen-bond donors (Lipinski definition) is 2. The Morgan fingerprint density at radius 2 is 2.22 bits per heavy atom. The average Bonchev–Trinajstić information content (AvgIpc) is 2.79. The highest BCUT2D eigenvalue weighted by Crippen LogP contribution is 2.17. The Hall–Kier alpha value is -2.17. The van der Waals surface area contributed by atoms with Crippen LogP contribution in [0.3, 0.4) is 0 Å². The molecule has 90 valence electrons. The topological polar surface area (TPSA) is 107 Å². The van der Waals surface area contributed by atoms with E-state index >= 15 is 0 Å². The monoisotopic (exact) mass is 282 g/mol. The first-order valence-electron chi connectivity index (χ1n) is 4.55. The number of carbonyl (C=O) groups excluding carboxylic acids is 1. The summed E-state index contributed by atoms with van der Waals surface area (Å²) < 4.78 is 0. The summed E-state index contributed by atoms with van der Waals surface area (Å²) in [4.78, 5) is 11.9. The van der Waals surface area contributed by atoms with Crippen LogP contribution in [0.1, 0.15) is 15.9 Å². The fraction of sp³-hybridized carbons (Fsp3) is 0. The number of anilines is 1. The number of rotatable bonds is 2. The van der Waals surface area contributed by atoms with Crippen LogP contribution < -0.4 is 5.32 Å². The molecule has 9 heteroatoms. The van der Waals surface area contributed by atoms with Crippen molar-refractivity contribution >= 4 is 34.9 Å². The minimum Gasteiger partial charge on any atom is -0.306 e. The number of nitriles is 1. The predicted octanol–water partition coefficient (Wildman–Crippen LogP) is 1.63. The normalized spacial score (nSPS) is 9.83. The zero-order valence-electron chi connectivity index (χ0n) is 8.61. The fourth-order valence-corrected chi connectivity index (χ4v) is 1.48. The number of amides is 1.